The molecule has 70 valence electrons. The van der Waals surface area contributed by atoms with E-state index in [1.54, 1.807) is 30.5 Å². The molecule has 0 heterocycles. The lowest BCUT2D eigenvalue weighted by Gasteiger charge is -2.00. The molecule has 0 spiro atoms. The second kappa shape index (κ2) is 4.18. The van der Waals surface area contributed by atoms with Crippen molar-refractivity contribution in [2.75, 3.05) is 13.4 Å². The van der Waals surface area contributed by atoms with E-state index in [4.69, 9.17) is 0 Å². The summed E-state index contributed by atoms with van der Waals surface area (Å²) in [5.41, 5.74) is 0.426. The van der Waals surface area contributed by atoms with Gasteiger partial charge in [-0.15, -0.1) is 0 Å². The van der Waals surface area contributed by atoms with E-state index in [0.29, 0.717) is 10.5 Å². The van der Waals surface area contributed by atoms with Gasteiger partial charge in [-0.2, -0.15) is 0 Å². The van der Waals surface area contributed by atoms with E-state index in [-0.39, 0.29) is 0 Å². The van der Waals surface area contributed by atoms with Crippen LogP contribution in [0.25, 0.3) is 0 Å². The molecule has 0 bridgehead atoms. The smallest absolute Gasteiger partial charge is 0.337 e. The van der Waals surface area contributed by atoms with Gasteiger partial charge in [0, 0.05) is 22.0 Å². The zero-order valence-electron chi connectivity index (χ0n) is 7.44. The predicted molar refractivity (Wildman–Crippen MR) is 50.1 cm³/mol. The third-order valence-electron chi connectivity index (χ3n) is 1.59. The maximum atomic E-state index is 11.1. The molecule has 0 saturated heterocycles. The summed E-state index contributed by atoms with van der Waals surface area (Å²) in [6, 6.07) is 6.59. The summed E-state index contributed by atoms with van der Waals surface area (Å²) < 4.78 is 15.6. The second-order valence-corrected chi connectivity index (χ2v) is 3.85. The van der Waals surface area contributed by atoms with Crippen molar-refractivity contribution in [3.05, 3.63) is 29.8 Å². The van der Waals surface area contributed by atoms with E-state index in [2.05, 4.69) is 4.74 Å². The molecule has 0 aliphatic carbocycles. The van der Waals surface area contributed by atoms with Crippen molar-refractivity contribution < 1.29 is 13.7 Å². The van der Waals surface area contributed by atoms with Gasteiger partial charge in [-0.05, 0) is 18.2 Å². The van der Waals surface area contributed by atoms with Crippen LogP contribution in [0.4, 0.5) is 0 Å². The summed E-state index contributed by atoms with van der Waals surface area (Å²) in [7, 11) is 0.252. The SMILES string of the molecule is COC(=O)c1cccc([S@@](C)=O)c1. The number of esters is 1. The first-order chi connectivity index (χ1) is 6.15. The lowest BCUT2D eigenvalue weighted by atomic mass is 10.2. The zero-order valence-corrected chi connectivity index (χ0v) is 8.26. The third-order valence-corrected chi connectivity index (χ3v) is 2.50. The average molecular weight is 198 g/mol. The quantitative estimate of drug-likeness (QED) is 0.671. The Morgan fingerprint density at radius 3 is 2.69 bits per heavy atom. The van der Waals surface area contributed by atoms with Gasteiger partial charge in [-0.3, -0.25) is 4.21 Å². The minimum Gasteiger partial charge on any atom is -0.465 e. The van der Waals surface area contributed by atoms with Crippen LogP contribution >= 0.6 is 0 Å². The highest BCUT2D eigenvalue weighted by Crippen LogP contribution is 2.09. The van der Waals surface area contributed by atoms with Gasteiger partial charge in [0.15, 0.2) is 0 Å². The van der Waals surface area contributed by atoms with Crippen LogP contribution in [-0.4, -0.2) is 23.5 Å². The van der Waals surface area contributed by atoms with Crippen molar-refractivity contribution in [3.8, 4) is 0 Å². The number of carbonyl (C=O) groups excluding carboxylic acids is 1. The number of carbonyl (C=O) groups is 1. The lowest BCUT2D eigenvalue weighted by molar-refractivity contribution is 0.0600. The third kappa shape index (κ3) is 2.39. The van der Waals surface area contributed by atoms with Crippen molar-refractivity contribution in [1.29, 1.82) is 0 Å². The average Bonchev–Trinajstić information content (AvgIpc) is 2.17. The number of ether oxygens (including phenoxy) is 1. The number of hydrogen-bond acceptors (Lipinski definition) is 3. The molecule has 0 aliphatic rings. The Balaban J connectivity index is 3.05. The van der Waals surface area contributed by atoms with Crippen molar-refractivity contribution in [1.82, 2.24) is 0 Å². The summed E-state index contributed by atoms with van der Waals surface area (Å²) in [5.74, 6) is -0.410. The largest absolute Gasteiger partial charge is 0.465 e. The summed E-state index contributed by atoms with van der Waals surface area (Å²) >= 11 is 0. The van der Waals surface area contributed by atoms with Crippen LogP contribution in [0.5, 0.6) is 0 Å². The minimum absolute atomic E-state index is 0.410. The molecule has 0 amide bonds. The normalized spacial score (nSPS) is 12.2. The Hall–Kier alpha value is -1.16. The lowest BCUT2D eigenvalue weighted by Crippen LogP contribution is -2.01. The number of hydrogen-bond donors (Lipinski definition) is 0. The van der Waals surface area contributed by atoms with E-state index in [1.807, 2.05) is 0 Å². The molecule has 0 aromatic heterocycles. The van der Waals surface area contributed by atoms with Crippen LogP contribution in [-0.2, 0) is 15.5 Å². The van der Waals surface area contributed by atoms with Crippen LogP contribution < -0.4 is 0 Å². The van der Waals surface area contributed by atoms with Crippen LogP contribution in [0.2, 0.25) is 0 Å². The Labute approximate surface area is 79.2 Å². The highest BCUT2D eigenvalue weighted by molar-refractivity contribution is 7.84. The monoisotopic (exact) mass is 198 g/mol. The van der Waals surface area contributed by atoms with Gasteiger partial charge in [0.2, 0.25) is 0 Å². The maximum Gasteiger partial charge on any atom is 0.337 e. The summed E-state index contributed by atoms with van der Waals surface area (Å²) in [6.45, 7) is 0. The zero-order chi connectivity index (χ0) is 9.84. The summed E-state index contributed by atoms with van der Waals surface area (Å²) in [5, 5.41) is 0. The topological polar surface area (TPSA) is 43.4 Å². The molecule has 0 unspecified atom stereocenters. The fourth-order valence-electron chi connectivity index (χ4n) is 0.920. The van der Waals surface area contributed by atoms with Gasteiger partial charge in [0.05, 0.1) is 12.7 Å². The first-order valence-electron chi connectivity index (χ1n) is 3.67. The van der Waals surface area contributed by atoms with Gasteiger partial charge in [0.1, 0.15) is 0 Å². The van der Waals surface area contributed by atoms with Crippen LogP contribution in [0.1, 0.15) is 10.4 Å². The Bertz CT molecular complexity index is 346. The molecule has 3 nitrogen and oxygen atoms in total. The van der Waals surface area contributed by atoms with Gasteiger partial charge in [-0.1, -0.05) is 6.07 Å². The van der Waals surface area contributed by atoms with Crippen molar-refractivity contribution >= 4 is 16.8 Å². The van der Waals surface area contributed by atoms with Gasteiger partial charge in [-0.25, -0.2) is 4.79 Å². The van der Waals surface area contributed by atoms with Crippen molar-refractivity contribution in [2.24, 2.45) is 0 Å². The number of benzene rings is 1. The molecular weight excluding hydrogens is 188 g/mol. The van der Waals surface area contributed by atoms with E-state index in [1.165, 1.54) is 7.11 Å². The second-order valence-electron chi connectivity index (χ2n) is 2.47. The van der Waals surface area contributed by atoms with E-state index in [9.17, 15) is 9.00 Å². The molecule has 13 heavy (non-hydrogen) atoms. The van der Waals surface area contributed by atoms with Crippen molar-refractivity contribution in [3.63, 3.8) is 0 Å². The van der Waals surface area contributed by atoms with E-state index >= 15 is 0 Å². The maximum absolute atomic E-state index is 11.1. The molecule has 4 heteroatoms. The van der Waals surface area contributed by atoms with Crippen LogP contribution in [0, 0.1) is 0 Å². The molecule has 0 aliphatic heterocycles. The van der Waals surface area contributed by atoms with E-state index < -0.39 is 16.8 Å². The summed E-state index contributed by atoms with van der Waals surface area (Å²) in [4.78, 5) is 11.7. The van der Waals surface area contributed by atoms with Gasteiger partial charge >= 0.3 is 5.97 Å². The molecule has 1 aromatic rings. The molecular formula is C9H10O3S. The molecule has 0 fully saturated rings. The Morgan fingerprint density at radius 2 is 2.15 bits per heavy atom. The molecule has 0 N–H and O–H groups in total. The fraction of sp³-hybridized carbons (Fsp3) is 0.222. The predicted octanol–water partition coefficient (Wildman–Crippen LogP) is 1.21. The number of rotatable bonds is 2. The first-order valence-corrected chi connectivity index (χ1v) is 5.22. The number of methoxy groups -OCH3 is 1. The Kier molecular flexibility index (Phi) is 3.19. The minimum atomic E-state index is -1.07. The first kappa shape index (κ1) is 9.92. The van der Waals surface area contributed by atoms with Gasteiger partial charge in [0.25, 0.3) is 0 Å². The highest BCUT2D eigenvalue weighted by atomic mass is 32.2. The highest BCUT2D eigenvalue weighted by Gasteiger charge is 2.06. The molecule has 0 saturated carbocycles. The fourth-order valence-corrected chi connectivity index (χ4v) is 1.48. The standard InChI is InChI=1S/C9H10O3S/c1-12-9(10)7-4-3-5-8(6-7)13(2)11/h3-6H,1-2H3/t13-/m1/s1. The Morgan fingerprint density at radius 1 is 1.46 bits per heavy atom. The molecule has 1 aromatic carbocycles. The molecule has 0 radical (unpaired) electrons. The molecule has 1 rings (SSSR count). The molecule has 1 atom stereocenters. The van der Waals surface area contributed by atoms with Gasteiger partial charge < -0.3 is 4.74 Å². The van der Waals surface area contributed by atoms with Crippen molar-refractivity contribution in [2.45, 2.75) is 4.90 Å². The van der Waals surface area contributed by atoms with Crippen LogP contribution in [0.15, 0.2) is 29.2 Å². The van der Waals surface area contributed by atoms with E-state index in [0.717, 1.165) is 0 Å². The van der Waals surface area contributed by atoms with Crippen LogP contribution in [0.3, 0.4) is 0 Å². The summed E-state index contributed by atoms with van der Waals surface area (Å²) in [6.07, 6.45) is 1.57.